The molecule has 1 heterocycles. The lowest BCUT2D eigenvalue weighted by atomic mass is 10.0. The SMILES string of the molecule is N/C=C(\C=NCC(=O)O)c1ccc2c(F)c(N3CC(=O)NS3(=O)=O)c(OCc3ccccc3)cc2c1. The summed E-state index contributed by atoms with van der Waals surface area (Å²) >= 11 is 0. The van der Waals surface area contributed by atoms with E-state index in [9.17, 15) is 18.0 Å². The van der Waals surface area contributed by atoms with Gasteiger partial charge in [0.1, 0.15) is 31.1 Å². The fourth-order valence-corrected chi connectivity index (χ4v) is 4.83. The molecule has 10 nitrogen and oxygen atoms in total. The molecular formula is C24H21FN4O6S. The summed E-state index contributed by atoms with van der Waals surface area (Å²) in [6.45, 7) is -1.02. The maximum Gasteiger partial charge on any atom is 0.326 e. The molecule has 1 saturated heterocycles. The predicted octanol–water partition coefficient (Wildman–Crippen LogP) is 2.19. The van der Waals surface area contributed by atoms with Crippen LogP contribution in [0.3, 0.4) is 0 Å². The topological polar surface area (TPSA) is 151 Å². The Balaban J connectivity index is 1.82. The van der Waals surface area contributed by atoms with E-state index < -0.39 is 41.0 Å². The number of carbonyl (C=O) groups is 2. The largest absolute Gasteiger partial charge is 0.487 e. The number of anilines is 1. The number of hydrogen-bond donors (Lipinski definition) is 3. The number of rotatable bonds is 8. The van der Waals surface area contributed by atoms with E-state index in [1.54, 1.807) is 30.3 Å². The van der Waals surface area contributed by atoms with E-state index in [-0.39, 0.29) is 23.4 Å². The van der Waals surface area contributed by atoms with Crippen molar-refractivity contribution in [1.82, 2.24) is 4.72 Å². The van der Waals surface area contributed by atoms with Crippen LogP contribution in [0.15, 0.2) is 65.8 Å². The molecule has 186 valence electrons. The van der Waals surface area contributed by atoms with E-state index in [0.29, 0.717) is 20.8 Å². The Labute approximate surface area is 205 Å². The van der Waals surface area contributed by atoms with Crippen molar-refractivity contribution in [3.05, 3.63) is 77.7 Å². The zero-order valence-corrected chi connectivity index (χ0v) is 19.5. The molecule has 4 N–H and O–H groups in total. The van der Waals surface area contributed by atoms with Gasteiger partial charge in [-0.25, -0.2) is 13.4 Å². The van der Waals surface area contributed by atoms with Gasteiger partial charge in [0.25, 0.3) is 5.91 Å². The Kier molecular flexibility index (Phi) is 6.88. The van der Waals surface area contributed by atoms with E-state index >= 15 is 4.39 Å². The van der Waals surface area contributed by atoms with Crippen LogP contribution in [0.4, 0.5) is 10.1 Å². The normalized spacial score (nSPS) is 15.4. The van der Waals surface area contributed by atoms with Crippen LogP contribution < -0.4 is 19.5 Å². The molecular weight excluding hydrogens is 491 g/mol. The van der Waals surface area contributed by atoms with Crippen LogP contribution in [-0.4, -0.2) is 44.7 Å². The van der Waals surface area contributed by atoms with Crippen LogP contribution in [0, 0.1) is 5.82 Å². The van der Waals surface area contributed by atoms with Gasteiger partial charge in [0.05, 0.1) is 0 Å². The molecule has 1 amide bonds. The molecule has 4 rings (SSSR count). The molecule has 0 aliphatic carbocycles. The number of carboxylic acid groups (broad SMARTS) is 1. The van der Waals surface area contributed by atoms with Gasteiger partial charge in [0, 0.05) is 23.4 Å². The number of aliphatic carboxylic acids is 1. The Morgan fingerprint density at radius 1 is 1.22 bits per heavy atom. The minimum absolute atomic E-state index is 0.0174. The molecule has 0 saturated carbocycles. The van der Waals surface area contributed by atoms with Crippen molar-refractivity contribution in [2.75, 3.05) is 17.4 Å². The quantitative estimate of drug-likeness (QED) is 0.391. The number of carboxylic acids is 1. The zero-order chi connectivity index (χ0) is 25.9. The molecule has 12 heteroatoms. The molecule has 1 aliphatic heterocycles. The van der Waals surface area contributed by atoms with Crippen LogP contribution in [0.2, 0.25) is 0 Å². The van der Waals surface area contributed by atoms with E-state index in [1.807, 2.05) is 10.8 Å². The number of nitrogens with two attached hydrogens (primary N) is 1. The van der Waals surface area contributed by atoms with Crippen LogP contribution in [0.5, 0.6) is 5.75 Å². The number of fused-ring (bicyclic) bond motifs is 1. The fourth-order valence-electron chi connectivity index (χ4n) is 3.67. The van der Waals surface area contributed by atoms with E-state index in [2.05, 4.69) is 4.99 Å². The Morgan fingerprint density at radius 2 is 1.97 bits per heavy atom. The highest BCUT2D eigenvalue weighted by molar-refractivity contribution is 7.92. The summed E-state index contributed by atoms with van der Waals surface area (Å²) in [5, 5.41) is 9.22. The second kappa shape index (κ2) is 10.0. The van der Waals surface area contributed by atoms with Crippen molar-refractivity contribution in [1.29, 1.82) is 0 Å². The van der Waals surface area contributed by atoms with Crippen molar-refractivity contribution >= 4 is 50.3 Å². The van der Waals surface area contributed by atoms with Crippen molar-refractivity contribution in [3.63, 3.8) is 0 Å². The Hall–Kier alpha value is -4.45. The van der Waals surface area contributed by atoms with Gasteiger partial charge in [-0.05, 0) is 28.6 Å². The van der Waals surface area contributed by atoms with Gasteiger partial charge in [-0.15, -0.1) is 0 Å². The zero-order valence-electron chi connectivity index (χ0n) is 18.7. The molecule has 0 bridgehead atoms. The first-order chi connectivity index (χ1) is 17.2. The summed E-state index contributed by atoms with van der Waals surface area (Å²) in [4.78, 5) is 26.4. The molecule has 3 aromatic carbocycles. The number of hydrogen-bond acceptors (Lipinski definition) is 7. The smallest absolute Gasteiger partial charge is 0.326 e. The van der Waals surface area contributed by atoms with E-state index in [1.165, 1.54) is 30.6 Å². The number of halogens is 1. The molecule has 0 atom stereocenters. The number of amides is 1. The molecule has 0 unspecified atom stereocenters. The number of nitrogens with one attached hydrogen (secondary N) is 1. The van der Waals surface area contributed by atoms with Gasteiger partial charge in [-0.1, -0.05) is 42.5 Å². The minimum atomic E-state index is -4.31. The first-order valence-corrected chi connectivity index (χ1v) is 12.0. The number of carbonyl (C=O) groups excluding carboxylic acids is 1. The van der Waals surface area contributed by atoms with Gasteiger partial charge < -0.3 is 15.6 Å². The summed E-state index contributed by atoms with van der Waals surface area (Å²) < 4.78 is 49.2. The maximum atomic E-state index is 15.8. The molecule has 0 aromatic heterocycles. The highest BCUT2D eigenvalue weighted by atomic mass is 32.2. The number of nitrogens with zero attached hydrogens (tertiary/aromatic N) is 2. The molecule has 36 heavy (non-hydrogen) atoms. The highest BCUT2D eigenvalue weighted by Crippen LogP contribution is 2.40. The fraction of sp³-hybridized carbons (Fsp3) is 0.125. The van der Waals surface area contributed by atoms with Crippen molar-refractivity contribution in [2.24, 2.45) is 10.7 Å². The molecule has 3 aromatic rings. The lowest BCUT2D eigenvalue weighted by molar-refractivity contribution is -0.135. The summed E-state index contributed by atoms with van der Waals surface area (Å²) in [6.07, 6.45) is 2.53. The molecule has 1 aliphatic rings. The Bertz CT molecular complexity index is 1510. The number of ether oxygens (including phenoxy) is 1. The van der Waals surface area contributed by atoms with Crippen LogP contribution in [0.25, 0.3) is 16.3 Å². The van der Waals surface area contributed by atoms with Gasteiger partial charge in [-0.2, -0.15) is 8.42 Å². The van der Waals surface area contributed by atoms with Crippen molar-refractivity contribution in [2.45, 2.75) is 6.61 Å². The van der Waals surface area contributed by atoms with Gasteiger partial charge in [0.2, 0.25) is 0 Å². The standard InChI is InChI=1S/C24H21FN4O6S/c25-23-19-7-6-16(18(10-26)11-27-12-22(31)32)8-17(19)9-20(35-14-15-4-2-1-3-5-15)24(23)29-13-21(30)28-36(29,33)34/h1-11H,12-14,26H2,(H,28,30)(H,31,32)/b18-10+,27-11?. The van der Waals surface area contributed by atoms with Crippen LogP contribution in [0.1, 0.15) is 11.1 Å². The van der Waals surface area contributed by atoms with Crippen LogP contribution >= 0.6 is 0 Å². The monoisotopic (exact) mass is 512 g/mol. The highest BCUT2D eigenvalue weighted by Gasteiger charge is 2.38. The first-order valence-electron chi connectivity index (χ1n) is 10.6. The predicted molar refractivity (Wildman–Crippen MR) is 132 cm³/mol. The molecule has 0 radical (unpaired) electrons. The Morgan fingerprint density at radius 3 is 2.61 bits per heavy atom. The third-order valence-electron chi connectivity index (χ3n) is 5.29. The van der Waals surface area contributed by atoms with E-state index in [0.717, 1.165) is 5.56 Å². The third kappa shape index (κ3) is 5.13. The second-order valence-electron chi connectivity index (χ2n) is 7.77. The van der Waals surface area contributed by atoms with Gasteiger partial charge in [-0.3, -0.25) is 14.6 Å². The molecule has 0 spiro atoms. The van der Waals surface area contributed by atoms with E-state index in [4.69, 9.17) is 15.6 Å². The third-order valence-corrected chi connectivity index (χ3v) is 6.67. The number of benzene rings is 3. The van der Waals surface area contributed by atoms with Crippen molar-refractivity contribution in [3.8, 4) is 5.75 Å². The minimum Gasteiger partial charge on any atom is -0.487 e. The van der Waals surface area contributed by atoms with Crippen molar-refractivity contribution < 1.29 is 32.2 Å². The lowest BCUT2D eigenvalue weighted by Gasteiger charge is -2.21. The van der Waals surface area contributed by atoms with Gasteiger partial charge in [0.15, 0.2) is 5.82 Å². The summed E-state index contributed by atoms with van der Waals surface area (Å²) in [5.74, 6) is -2.88. The number of aliphatic imine (C=N–C) groups is 1. The number of allylic oxidation sites excluding steroid dienone is 1. The summed E-state index contributed by atoms with van der Waals surface area (Å²) in [5.41, 5.74) is 6.97. The van der Waals surface area contributed by atoms with Crippen LogP contribution in [-0.2, 0) is 26.4 Å². The average Bonchev–Trinajstić information content (AvgIpc) is 3.12. The lowest BCUT2D eigenvalue weighted by Crippen LogP contribution is -2.30. The maximum absolute atomic E-state index is 15.8. The average molecular weight is 513 g/mol. The summed E-state index contributed by atoms with van der Waals surface area (Å²) in [7, 11) is -4.31. The second-order valence-corrected chi connectivity index (χ2v) is 9.36. The molecule has 1 fully saturated rings. The van der Waals surface area contributed by atoms with Gasteiger partial charge >= 0.3 is 16.2 Å². The summed E-state index contributed by atoms with van der Waals surface area (Å²) in [6, 6.07) is 15.0. The first kappa shape index (κ1) is 24.7.